The number of piperazine rings is 1. The number of nitrogens with zero attached hydrogens (tertiary/aromatic N) is 5. The maximum absolute atomic E-state index is 16.2. The number of imide groups is 1. The van der Waals surface area contributed by atoms with Gasteiger partial charge in [-0.1, -0.05) is 12.8 Å². The largest absolute Gasteiger partial charge is 0.503 e. The zero-order valence-electron chi connectivity index (χ0n) is 32.4. The summed E-state index contributed by atoms with van der Waals surface area (Å²) in [6, 6.07) is 9.03. The number of carbonyl (C=O) groups excluding carboxylic acids is 4. The molecule has 2 atom stereocenters. The van der Waals surface area contributed by atoms with Crippen LogP contribution >= 0.6 is 0 Å². The predicted octanol–water partition coefficient (Wildman–Crippen LogP) is 5.27. The molecular weight excluding hydrogens is 754 g/mol. The van der Waals surface area contributed by atoms with Crippen LogP contribution in [0.1, 0.15) is 78.9 Å². The Morgan fingerprint density at radius 2 is 1.59 bits per heavy atom. The van der Waals surface area contributed by atoms with E-state index < -0.39 is 46.6 Å². The normalized spacial score (nSPS) is 23.8. The zero-order valence-corrected chi connectivity index (χ0v) is 32.4. The van der Waals surface area contributed by atoms with Crippen molar-refractivity contribution >= 4 is 40.7 Å². The molecule has 3 aromatic carbocycles. The zero-order chi connectivity index (χ0) is 40.5. The number of benzene rings is 3. The molecule has 12 nitrogen and oxygen atoms in total. The highest BCUT2D eigenvalue weighted by Gasteiger charge is 2.63. The summed E-state index contributed by atoms with van der Waals surface area (Å²) in [6.07, 6.45) is 4.99. The molecule has 1 spiro atoms. The van der Waals surface area contributed by atoms with E-state index in [2.05, 4.69) is 21.2 Å². The minimum atomic E-state index is -1.18. The third kappa shape index (κ3) is 6.41. The van der Waals surface area contributed by atoms with Crippen LogP contribution in [0.15, 0.2) is 42.5 Å². The van der Waals surface area contributed by atoms with Crippen LogP contribution in [0.5, 0.6) is 11.5 Å². The first kappa shape index (κ1) is 38.2. The van der Waals surface area contributed by atoms with Gasteiger partial charge in [0.2, 0.25) is 17.7 Å². The Kier molecular flexibility index (Phi) is 9.76. The predicted molar refractivity (Wildman–Crippen MR) is 208 cm³/mol. The Hall–Kier alpha value is -5.31. The number of hydrogen-bond donors (Lipinski definition) is 2. The molecule has 2 N–H and O–H groups in total. The molecule has 0 unspecified atom stereocenters. The fourth-order valence-electron chi connectivity index (χ4n) is 10.4. The molecule has 5 aliphatic heterocycles. The molecule has 4 saturated heterocycles. The summed E-state index contributed by atoms with van der Waals surface area (Å²) in [6.45, 7) is 6.02. The van der Waals surface area contributed by atoms with E-state index in [9.17, 15) is 33.1 Å². The van der Waals surface area contributed by atoms with Gasteiger partial charge in [0.1, 0.15) is 23.4 Å². The number of phenols is 1. The van der Waals surface area contributed by atoms with Crippen LogP contribution in [0.3, 0.4) is 0 Å². The standard InChI is InChI=1S/C43H47F3N6O6/c1-58-36-22-34(31(45)21-30(36)39-43(10-2-3-11-43)42(57)52(39)35-20-27(44)19-32(46)38(35)54)50-12-8-25(9-13-50)23-48-14-16-49(17-15-48)28-4-5-29-26(18-28)24-51(41(29)56)33-6-7-37(53)47-40(33)55/h4-5,18-22,25,33,39,54H,2-3,6-17,23-24H2,1H3,(H,47,53,55)/t33-,39-/m0/s1. The van der Waals surface area contributed by atoms with Crippen LogP contribution in [0, 0.1) is 28.8 Å². The number of phenolic OH excluding ortho intramolecular Hbond substituents is 1. The van der Waals surface area contributed by atoms with Crippen molar-refractivity contribution in [2.75, 3.05) is 67.6 Å². The van der Waals surface area contributed by atoms with Crippen molar-refractivity contribution in [2.24, 2.45) is 11.3 Å². The number of β-lactam (4-membered cyclic amide) rings is 1. The van der Waals surface area contributed by atoms with E-state index >= 15 is 4.39 Å². The average Bonchev–Trinajstić information content (AvgIpc) is 3.85. The topological polar surface area (TPSA) is 126 Å². The Balaban J connectivity index is 0.821. The molecule has 58 heavy (non-hydrogen) atoms. The number of aromatic hydroxyl groups is 1. The summed E-state index contributed by atoms with van der Waals surface area (Å²) in [5.74, 6) is -3.82. The minimum Gasteiger partial charge on any atom is -0.503 e. The molecule has 6 aliphatic rings. The van der Waals surface area contributed by atoms with Gasteiger partial charge in [-0.2, -0.15) is 0 Å². The van der Waals surface area contributed by atoms with Crippen LogP contribution in [0.25, 0.3) is 0 Å². The lowest BCUT2D eigenvalue weighted by molar-refractivity contribution is -0.140. The fourth-order valence-corrected chi connectivity index (χ4v) is 10.4. The Morgan fingerprint density at radius 3 is 2.29 bits per heavy atom. The van der Waals surface area contributed by atoms with E-state index in [1.807, 2.05) is 17.0 Å². The van der Waals surface area contributed by atoms with Gasteiger partial charge in [-0.05, 0) is 67.9 Å². The summed E-state index contributed by atoms with van der Waals surface area (Å²) in [5.41, 5.74) is 2.20. The number of ether oxygens (including phenoxy) is 1. The van der Waals surface area contributed by atoms with E-state index in [0.717, 1.165) is 75.7 Å². The van der Waals surface area contributed by atoms with Gasteiger partial charge in [0.25, 0.3) is 5.91 Å². The molecule has 5 fully saturated rings. The highest BCUT2D eigenvalue weighted by molar-refractivity contribution is 6.08. The van der Waals surface area contributed by atoms with Crippen molar-refractivity contribution in [3.05, 3.63) is 76.6 Å². The second-order valence-corrected chi connectivity index (χ2v) is 16.7. The molecule has 1 aliphatic carbocycles. The third-order valence-electron chi connectivity index (χ3n) is 13.5. The van der Waals surface area contributed by atoms with E-state index in [1.54, 1.807) is 11.0 Å². The second-order valence-electron chi connectivity index (χ2n) is 16.7. The molecule has 5 heterocycles. The summed E-state index contributed by atoms with van der Waals surface area (Å²) >= 11 is 0. The average molecular weight is 801 g/mol. The smallest absolute Gasteiger partial charge is 0.255 e. The van der Waals surface area contributed by atoms with Crippen LogP contribution in [0.2, 0.25) is 0 Å². The van der Waals surface area contributed by atoms with E-state index in [0.29, 0.717) is 73.4 Å². The molecule has 9 rings (SSSR count). The van der Waals surface area contributed by atoms with Crippen molar-refractivity contribution in [1.82, 2.24) is 15.1 Å². The first-order valence-electron chi connectivity index (χ1n) is 20.3. The van der Waals surface area contributed by atoms with Gasteiger partial charge >= 0.3 is 0 Å². The quantitative estimate of drug-likeness (QED) is 0.232. The number of nitrogens with one attached hydrogen (secondary N) is 1. The number of amides is 4. The third-order valence-corrected chi connectivity index (χ3v) is 13.5. The maximum atomic E-state index is 16.2. The SMILES string of the molecule is COc1cc(N2CCC(CN3CCN(c4ccc5c(c4)CN([C@H]4CCC(=O)NC4=O)C5=O)CC3)CC2)c(F)cc1[C@@H]1N(c2cc(F)cc(F)c2O)C(=O)C12CCCC2. The van der Waals surface area contributed by atoms with Gasteiger partial charge in [-0.3, -0.25) is 34.3 Å². The van der Waals surface area contributed by atoms with Crippen molar-refractivity contribution in [2.45, 2.75) is 70.0 Å². The first-order valence-corrected chi connectivity index (χ1v) is 20.3. The van der Waals surface area contributed by atoms with Crippen molar-refractivity contribution in [1.29, 1.82) is 0 Å². The van der Waals surface area contributed by atoms with E-state index in [1.165, 1.54) is 18.1 Å². The molecule has 1 saturated carbocycles. The Bertz CT molecular complexity index is 2180. The van der Waals surface area contributed by atoms with Gasteiger partial charge in [0.05, 0.1) is 29.9 Å². The van der Waals surface area contributed by atoms with E-state index in [-0.39, 0.29) is 29.8 Å². The number of methoxy groups -OCH3 is 1. The van der Waals surface area contributed by atoms with E-state index in [4.69, 9.17) is 4.74 Å². The van der Waals surface area contributed by atoms with Gasteiger partial charge in [-0.25, -0.2) is 13.2 Å². The summed E-state index contributed by atoms with van der Waals surface area (Å²) in [4.78, 5) is 60.5. The number of halogens is 3. The van der Waals surface area contributed by atoms with Crippen molar-refractivity contribution in [3.8, 4) is 11.5 Å². The molecule has 0 radical (unpaired) electrons. The van der Waals surface area contributed by atoms with Crippen molar-refractivity contribution < 1.29 is 42.2 Å². The highest BCUT2D eigenvalue weighted by atomic mass is 19.1. The van der Waals surface area contributed by atoms with Crippen LogP contribution in [-0.2, 0) is 20.9 Å². The molecule has 4 amide bonds. The molecule has 3 aromatic rings. The molecule has 0 bridgehead atoms. The van der Waals surface area contributed by atoms with Crippen LogP contribution in [-0.4, -0.2) is 97.5 Å². The number of hydrogen-bond acceptors (Lipinski definition) is 9. The maximum Gasteiger partial charge on any atom is 0.255 e. The first-order chi connectivity index (χ1) is 27.9. The monoisotopic (exact) mass is 800 g/mol. The van der Waals surface area contributed by atoms with Crippen LogP contribution < -0.4 is 24.8 Å². The number of piperidine rings is 2. The Labute approximate surface area is 334 Å². The Morgan fingerprint density at radius 1 is 0.845 bits per heavy atom. The second kappa shape index (κ2) is 14.8. The van der Waals surface area contributed by atoms with Gasteiger partial charge < -0.3 is 24.5 Å². The lowest BCUT2D eigenvalue weighted by Crippen LogP contribution is -2.62. The van der Waals surface area contributed by atoms with Crippen molar-refractivity contribution in [3.63, 3.8) is 0 Å². The lowest BCUT2D eigenvalue weighted by Gasteiger charge is -2.55. The summed E-state index contributed by atoms with van der Waals surface area (Å²) in [5, 5.41) is 12.9. The summed E-state index contributed by atoms with van der Waals surface area (Å²) in [7, 11) is 1.49. The number of fused-ring (bicyclic) bond motifs is 1. The fraction of sp³-hybridized carbons (Fsp3) is 0.488. The molecular formula is C43H47F3N6O6. The number of carbonyl (C=O) groups is 4. The van der Waals surface area contributed by atoms with Gasteiger partial charge in [0, 0.05) is 93.8 Å². The number of anilines is 3. The van der Waals surface area contributed by atoms with Gasteiger partial charge in [-0.15, -0.1) is 0 Å². The molecule has 15 heteroatoms. The lowest BCUT2D eigenvalue weighted by atomic mass is 9.66. The summed E-state index contributed by atoms with van der Waals surface area (Å²) < 4.78 is 50.9. The molecule has 0 aromatic heterocycles. The minimum absolute atomic E-state index is 0.177. The molecule has 306 valence electrons. The number of rotatable bonds is 8. The van der Waals surface area contributed by atoms with Crippen LogP contribution in [0.4, 0.5) is 30.2 Å². The highest BCUT2D eigenvalue weighted by Crippen LogP contribution is 2.63. The van der Waals surface area contributed by atoms with Gasteiger partial charge in [0.15, 0.2) is 11.6 Å².